The highest BCUT2D eigenvalue weighted by molar-refractivity contribution is 6.09. The van der Waals surface area contributed by atoms with Gasteiger partial charge in [0.1, 0.15) is 0 Å². The Hall–Kier alpha value is -3.86. The maximum absolute atomic E-state index is 12.9. The van der Waals surface area contributed by atoms with E-state index in [2.05, 4.69) is 15.3 Å². The Balaban J connectivity index is 1.55. The third kappa shape index (κ3) is 2.66. The zero-order chi connectivity index (χ0) is 18.2. The van der Waals surface area contributed by atoms with E-state index in [-0.39, 0.29) is 11.5 Å². The van der Waals surface area contributed by atoms with Gasteiger partial charge >= 0.3 is 0 Å². The highest BCUT2D eigenvalue weighted by Gasteiger charge is 2.15. The smallest absolute Gasteiger partial charge is 0.214 e. The van der Waals surface area contributed by atoms with Gasteiger partial charge < -0.3 is 0 Å². The van der Waals surface area contributed by atoms with Crippen LogP contribution in [-0.4, -0.2) is 25.6 Å². The zero-order valence-electron chi connectivity index (χ0n) is 14.3. The van der Waals surface area contributed by atoms with Crippen molar-refractivity contribution in [2.24, 2.45) is 0 Å². The molecule has 5 rings (SSSR count). The number of carbonyl (C=O) groups excluding carboxylic acids is 1. The summed E-state index contributed by atoms with van der Waals surface area (Å²) < 4.78 is 1.60. The summed E-state index contributed by atoms with van der Waals surface area (Å²) in [5.41, 5.74) is 3.36. The maximum Gasteiger partial charge on any atom is 0.214 e. The fourth-order valence-electron chi connectivity index (χ4n) is 3.20. The molecule has 0 unspecified atom stereocenters. The second-order valence-electron chi connectivity index (χ2n) is 6.30. The number of fused-ring (bicyclic) bond motifs is 2. The molecule has 5 heteroatoms. The Labute approximate surface area is 154 Å². The zero-order valence-corrected chi connectivity index (χ0v) is 14.3. The molecule has 5 aromatic rings. The van der Waals surface area contributed by atoms with Crippen LogP contribution >= 0.6 is 0 Å². The van der Waals surface area contributed by atoms with Crippen molar-refractivity contribution in [1.29, 1.82) is 0 Å². The summed E-state index contributed by atoms with van der Waals surface area (Å²) in [5, 5.41) is 14.9. The number of hydrogen-bond acceptors (Lipinski definition) is 4. The van der Waals surface area contributed by atoms with Gasteiger partial charge in [0.15, 0.2) is 11.3 Å². The second-order valence-corrected chi connectivity index (χ2v) is 6.30. The maximum atomic E-state index is 12.9. The predicted octanol–water partition coefficient (Wildman–Crippen LogP) is 4.18. The van der Waals surface area contributed by atoms with Gasteiger partial charge in [-0.2, -0.15) is 5.10 Å². The van der Waals surface area contributed by atoms with Gasteiger partial charge in [-0.05, 0) is 22.4 Å². The molecule has 2 aromatic heterocycles. The molecule has 5 nitrogen and oxygen atoms in total. The molecule has 0 N–H and O–H groups in total. The summed E-state index contributed by atoms with van der Waals surface area (Å²) in [6.07, 6.45) is 3.37. The molecule has 0 amide bonds. The highest BCUT2D eigenvalue weighted by Crippen LogP contribution is 2.23. The molecule has 0 saturated heterocycles. The van der Waals surface area contributed by atoms with E-state index in [1.54, 1.807) is 16.9 Å². The molecule has 0 fully saturated rings. The van der Waals surface area contributed by atoms with Crippen molar-refractivity contribution in [3.8, 4) is 11.1 Å². The van der Waals surface area contributed by atoms with E-state index in [0.29, 0.717) is 11.2 Å². The first-order chi connectivity index (χ1) is 13.3. The molecular weight excluding hydrogens is 336 g/mol. The van der Waals surface area contributed by atoms with E-state index in [1.165, 1.54) is 0 Å². The largest absolute Gasteiger partial charge is 0.287 e. The molecule has 0 radical (unpaired) electrons. The lowest BCUT2D eigenvalue weighted by Crippen LogP contribution is -2.08. The Kier molecular flexibility index (Phi) is 3.50. The van der Waals surface area contributed by atoms with Gasteiger partial charge in [-0.1, -0.05) is 66.7 Å². The van der Waals surface area contributed by atoms with E-state index >= 15 is 0 Å². The van der Waals surface area contributed by atoms with Crippen LogP contribution in [0.1, 0.15) is 16.1 Å². The molecule has 0 aliphatic rings. The minimum Gasteiger partial charge on any atom is -0.287 e. The number of benzene rings is 3. The lowest BCUT2D eigenvalue weighted by molar-refractivity contribution is 0.103. The monoisotopic (exact) mass is 350 g/mol. The quantitative estimate of drug-likeness (QED) is 0.458. The molecule has 128 valence electrons. The van der Waals surface area contributed by atoms with Crippen molar-refractivity contribution in [1.82, 2.24) is 19.8 Å². The van der Waals surface area contributed by atoms with Gasteiger partial charge in [-0.3, -0.25) is 4.79 Å². The normalized spacial score (nSPS) is 11.1. The summed E-state index contributed by atoms with van der Waals surface area (Å²) in [6, 6.07) is 23.4. The van der Waals surface area contributed by atoms with Crippen LogP contribution in [0.25, 0.3) is 27.5 Å². The van der Waals surface area contributed by atoms with Gasteiger partial charge in [-0.25, -0.2) is 4.52 Å². The summed E-state index contributed by atoms with van der Waals surface area (Å²) in [7, 11) is 0. The van der Waals surface area contributed by atoms with E-state index in [4.69, 9.17) is 0 Å². The van der Waals surface area contributed by atoms with Crippen molar-refractivity contribution in [2.75, 3.05) is 0 Å². The number of carbonyl (C=O) groups is 1. The van der Waals surface area contributed by atoms with Crippen LogP contribution in [0.15, 0.2) is 85.2 Å². The number of aromatic nitrogens is 4. The van der Waals surface area contributed by atoms with Crippen LogP contribution in [0, 0.1) is 0 Å². The van der Waals surface area contributed by atoms with E-state index in [1.807, 2.05) is 72.8 Å². The fraction of sp³-hybridized carbons (Fsp3) is 0. The first-order valence-corrected chi connectivity index (χ1v) is 8.59. The molecule has 0 aliphatic carbocycles. The van der Waals surface area contributed by atoms with Gasteiger partial charge in [-0.15, -0.1) is 10.2 Å². The van der Waals surface area contributed by atoms with E-state index in [0.717, 1.165) is 21.9 Å². The molecular formula is C22H14N4O. The minimum absolute atomic E-state index is 0.174. The standard InChI is InChI=1S/C22H14N4O/c27-21(18-11-10-15-6-4-5-9-17(15)12-18)20-14-26-22(25-24-20)19(13-23-26)16-7-2-1-3-8-16/h1-14H. The average molecular weight is 350 g/mol. The first kappa shape index (κ1) is 15.4. The summed E-state index contributed by atoms with van der Waals surface area (Å²) in [6.45, 7) is 0. The predicted molar refractivity (Wildman–Crippen MR) is 104 cm³/mol. The summed E-state index contributed by atoms with van der Waals surface area (Å²) >= 11 is 0. The molecule has 2 heterocycles. The Morgan fingerprint density at radius 1 is 0.815 bits per heavy atom. The molecule has 0 aliphatic heterocycles. The van der Waals surface area contributed by atoms with Crippen molar-refractivity contribution in [3.05, 3.63) is 96.4 Å². The minimum atomic E-state index is -0.174. The van der Waals surface area contributed by atoms with E-state index < -0.39 is 0 Å². The number of nitrogens with zero attached hydrogens (tertiary/aromatic N) is 4. The summed E-state index contributed by atoms with van der Waals surface area (Å²) in [4.78, 5) is 12.9. The topological polar surface area (TPSA) is 60.2 Å². The van der Waals surface area contributed by atoms with Crippen molar-refractivity contribution < 1.29 is 4.79 Å². The van der Waals surface area contributed by atoms with Crippen LogP contribution in [0.2, 0.25) is 0 Å². The van der Waals surface area contributed by atoms with Crippen LogP contribution in [0.5, 0.6) is 0 Å². The van der Waals surface area contributed by atoms with Crippen LogP contribution in [0.3, 0.4) is 0 Å². The molecule has 0 spiro atoms. The first-order valence-electron chi connectivity index (χ1n) is 8.59. The number of rotatable bonds is 3. The summed E-state index contributed by atoms with van der Waals surface area (Å²) in [5.74, 6) is -0.174. The fourth-order valence-corrected chi connectivity index (χ4v) is 3.20. The molecule has 3 aromatic carbocycles. The van der Waals surface area contributed by atoms with Gasteiger partial charge in [0.25, 0.3) is 0 Å². The van der Waals surface area contributed by atoms with Crippen LogP contribution in [-0.2, 0) is 0 Å². The van der Waals surface area contributed by atoms with Crippen LogP contribution in [0.4, 0.5) is 0 Å². The lowest BCUT2D eigenvalue weighted by Gasteiger charge is -2.03. The van der Waals surface area contributed by atoms with Crippen LogP contribution < -0.4 is 0 Å². The Morgan fingerprint density at radius 2 is 1.59 bits per heavy atom. The molecule has 0 saturated carbocycles. The van der Waals surface area contributed by atoms with Gasteiger partial charge in [0, 0.05) is 11.1 Å². The SMILES string of the molecule is O=C(c1ccc2ccccc2c1)c1cn2ncc(-c3ccccc3)c2nn1. The Bertz CT molecular complexity index is 1290. The second kappa shape index (κ2) is 6.14. The van der Waals surface area contributed by atoms with Crippen molar-refractivity contribution in [3.63, 3.8) is 0 Å². The van der Waals surface area contributed by atoms with Gasteiger partial charge in [0.05, 0.1) is 12.4 Å². The Morgan fingerprint density at radius 3 is 2.44 bits per heavy atom. The number of hydrogen-bond donors (Lipinski definition) is 0. The third-order valence-electron chi connectivity index (χ3n) is 4.60. The average Bonchev–Trinajstić information content (AvgIpc) is 3.17. The highest BCUT2D eigenvalue weighted by atomic mass is 16.1. The van der Waals surface area contributed by atoms with Crippen molar-refractivity contribution >= 4 is 22.2 Å². The molecule has 0 bridgehead atoms. The van der Waals surface area contributed by atoms with Crippen molar-refractivity contribution in [2.45, 2.75) is 0 Å². The number of ketones is 1. The van der Waals surface area contributed by atoms with E-state index in [9.17, 15) is 4.79 Å². The van der Waals surface area contributed by atoms with Gasteiger partial charge in [0.2, 0.25) is 5.78 Å². The molecule has 27 heavy (non-hydrogen) atoms. The lowest BCUT2D eigenvalue weighted by atomic mass is 10.0. The third-order valence-corrected chi connectivity index (χ3v) is 4.60. The molecule has 0 atom stereocenters.